The van der Waals surface area contributed by atoms with Crippen LogP contribution in [-0.2, 0) is 23.4 Å². The number of allylic oxidation sites excluding steroid dienone is 1. The summed E-state index contributed by atoms with van der Waals surface area (Å²) in [7, 11) is -2.11. The van der Waals surface area contributed by atoms with Gasteiger partial charge in [0.2, 0.25) is 0 Å². The second kappa shape index (κ2) is 14.8. The Labute approximate surface area is 232 Å². The minimum absolute atomic E-state index is 0.00842. The summed E-state index contributed by atoms with van der Waals surface area (Å²) in [5, 5.41) is 9.71. The maximum atomic E-state index is 11.6. The van der Waals surface area contributed by atoms with Crippen molar-refractivity contribution >= 4 is 14.5 Å². The van der Waals surface area contributed by atoms with Crippen LogP contribution in [0.3, 0.4) is 0 Å². The highest BCUT2D eigenvalue weighted by molar-refractivity contribution is 6.74. The standard InChI is InChI=1S/C30H54O7Si/c1-13-15-33-28(32)34-16-14-21(2)17-23(4)26(37-38(11,12)29(6,7)8)24(5)27-25(18-22(3)19-31)20-35-30(9,10)36-27/h13-14,18,23-27,31H,1,15-17,19-20H2,2-12H3/b21-14+,22-18-/t23-,24-,25-,26+,27+/m0/s1. The van der Waals surface area contributed by atoms with Gasteiger partial charge in [0.15, 0.2) is 14.1 Å². The third-order valence-electron chi connectivity index (χ3n) is 7.64. The Hall–Kier alpha value is -1.45. The van der Waals surface area contributed by atoms with E-state index >= 15 is 0 Å². The summed E-state index contributed by atoms with van der Waals surface area (Å²) in [5.41, 5.74) is 2.02. The Bertz CT molecular complexity index is 825. The van der Waals surface area contributed by atoms with Crippen molar-refractivity contribution in [3.63, 3.8) is 0 Å². The molecule has 1 saturated heterocycles. The molecule has 7 nitrogen and oxygen atoms in total. The zero-order chi connectivity index (χ0) is 29.3. The molecule has 38 heavy (non-hydrogen) atoms. The van der Waals surface area contributed by atoms with E-state index in [-0.39, 0.29) is 54.8 Å². The van der Waals surface area contributed by atoms with E-state index in [1.807, 2.05) is 33.8 Å². The van der Waals surface area contributed by atoms with Crippen molar-refractivity contribution in [2.45, 2.75) is 105 Å². The molecule has 0 aromatic rings. The van der Waals surface area contributed by atoms with Crippen molar-refractivity contribution in [2.75, 3.05) is 26.4 Å². The van der Waals surface area contributed by atoms with E-state index in [2.05, 4.69) is 60.4 Å². The molecule has 0 spiro atoms. The molecular weight excluding hydrogens is 500 g/mol. The van der Waals surface area contributed by atoms with Gasteiger partial charge in [-0.1, -0.05) is 64.5 Å². The lowest BCUT2D eigenvalue weighted by atomic mass is 9.80. The number of carbonyl (C=O) groups is 1. The van der Waals surface area contributed by atoms with Crippen LogP contribution in [0.4, 0.5) is 4.79 Å². The number of ether oxygens (including phenoxy) is 4. The molecule has 1 fully saturated rings. The summed E-state index contributed by atoms with van der Waals surface area (Å²) < 4.78 is 29.7. The lowest BCUT2D eigenvalue weighted by Gasteiger charge is -2.48. The second-order valence-electron chi connectivity index (χ2n) is 12.7. The van der Waals surface area contributed by atoms with Gasteiger partial charge in [-0.3, -0.25) is 0 Å². The van der Waals surface area contributed by atoms with Gasteiger partial charge < -0.3 is 28.5 Å². The van der Waals surface area contributed by atoms with Crippen molar-refractivity contribution in [3.05, 3.63) is 36.0 Å². The van der Waals surface area contributed by atoms with Crippen molar-refractivity contribution in [1.29, 1.82) is 0 Å². The van der Waals surface area contributed by atoms with Gasteiger partial charge in [0.1, 0.15) is 13.2 Å². The van der Waals surface area contributed by atoms with Gasteiger partial charge >= 0.3 is 6.16 Å². The maximum absolute atomic E-state index is 11.6. The number of hydrogen-bond donors (Lipinski definition) is 1. The number of rotatable bonds is 13. The van der Waals surface area contributed by atoms with Gasteiger partial charge in [-0.2, -0.15) is 0 Å². The van der Waals surface area contributed by atoms with Gasteiger partial charge in [0.25, 0.3) is 0 Å². The smallest absolute Gasteiger partial charge is 0.430 e. The van der Waals surface area contributed by atoms with E-state index < -0.39 is 20.3 Å². The zero-order valence-corrected chi connectivity index (χ0v) is 26.8. The topological polar surface area (TPSA) is 83.5 Å². The fourth-order valence-corrected chi connectivity index (χ4v) is 5.95. The fraction of sp³-hybridized carbons (Fsp3) is 0.767. The quantitative estimate of drug-likeness (QED) is 0.149. The minimum Gasteiger partial charge on any atom is -0.430 e. The number of aliphatic hydroxyl groups excluding tert-OH is 1. The maximum Gasteiger partial charge on any atom is 0.508 e. The van der Waals surface area contributed by atoms with Crippen LogP contribution in [0.15, 0.2) is 36.0 Å². The van der Waals surface area contributed by atoms with Crippen molar-refractivity contribution < 1.29 is 33.3 Å². The first kappa shape index (κ1) is 34.6. The van der Waals surface area contributed by atoms with E-state index in [1.54, 1.807) is 0 Å². The summed E-state index contributed by atoms with van der Waals surface area (Å²) in [6.07, 6.45) is 5.39. The summed E-state index contributed by atoms with van der Waals surface area (Å²) in [6, 6.07) is 0. The molecule has 0 amide bonds. The monoisotopic (exact) mass is 554 g/mol. The Balaban J connectivity index is 3.22. The molecule has 0 aromatic heterocycles. The molecule has 0 radical (unpaired) electrons. The van der Waals surface area contributed by atoms with Crippen LogP contribution in [0, 0.1) is 17.8 Å². The fourth-order valence-electron chi connectivity index (χ4n) is 4.47. The molecule has 0 bridgehead atoms. The molecule has 0 saturated carbocycles. The van der Waals surface area contributed by atoms with E-state index in [4.69, 9.17) is 23.4 Å². The van der Waals surface area contributed by atoms with Gasteiger partial charge in [-0.05, 0) is 64.2 Å². The van der Waals surface area contributed by atoms with Crippen LogP contribution in [0.2, 0.25) is 18.1 Å². The van der Waals surface area contributed by atoms with Crippen LogP contribution in [0.1, 0.15) is 68.7 Å². The van der Waals surface area contributed by atoms with Crippen molar-refractivity contribution in [1.82, 2.24) is 0 Å². The highest BCUT2D eigenvalue weighted by Gasteiger charge is 2.46. The Kier molecular flexibility index (Phi) is 13.5. The molecule has 8 heteroatoms. The van der Waals surface area contributed by atoms with Crippen LogP contribution in [-0.4, -0.2) is 64.0 Å². The Morgan fingerprint density at radius 3 is 2.32 bits per heavy atom. The molecule has 0 unspecified atom stereocenters. The van der Waals surface area contributed by atoms with Crippen LogP contribution in [0.5, 0.6) is 0 Å². The van der Waals surface area contributed by atoms with E-state index in [0.717, 1.165) is 17.6 Å². The number of hydrogen-bond acceptors (Lipinski definition) is 7. The van der Waals surface area contributed by atoms with E-state index in [1.165, 1.54) is 6.08 Å². The molecule has 0 aliphatic carbocycles. The Morgan fingerprint density at radius 2 is 1.76 bits per heavy atom. The predicted octanol–water partition coefficient (Wildman–Crippen LogP) is 7.03. The average Bonchev–Trinajstić information content (AvgIpc) is 2.80. The normalized spacial score (nSPS) is 23.4. The molecule has 1 N–H and O–H groups in total. The minimum atomic E-state index is -2.11. The highest BCUT2D eigenvalue weighted by Crippen LogP contribution is 2.42. The van der Waals surface area contributed by atoms with Crippen LogP contribution < -0.4 is 0 Å². The summed E-state index contributed by atoms with van der Waals surface area (Å²) in [5.74, 6) is -0.446. The van der Waals surface area contributed by atoms with Crippen LogP contribution >= 0.6 is 0 Å². The first-order valence-electron chi connectivity index (χ1n) is 13.8. The van der Waals surface area contributed by atoms with Crippen molar-refractivity contribution in [3.8, 4) is 0 Å². The molecule has 0 aromatic carbocycles. The second-order valence-corrected chi connectivity index (χ2v) is 17.5. The molecule has 5 atom stereocenters. The lowest BCUT2D eigenvalue weighted by Crippen LogP contribution is -2.54. The number of aliphatic hydroxyl groups is 1. The third-order valence-corrected chi connectivity index (χ3v) is 12.1. The molecule has 1 aliphatic rings. The molecule has 1 aliphatic heterocycles. The third kappa shape index (κ3) is 11.0. The first-order chi connectivity index (χ1) is 17.4. The molecule has 1 rings (SSSR count). The highest BCUT2D eigenvalue weighted by atomic mass is 28.4. The molecular formula is C30H54O7Si. The molecule has 1 heterocycles. The number of carbonyl (C=O) groups excluding carboxylic acids is 1. The zero-order valence-electron chi connectivity index (χ0n) is 25.8. The van der Waals surface area contributed by atoms with Crippen molar-refractivity contribution in [2.24, 2.45) is 17.8 Å². The Morgan fingerprint density at radius 1 is 1.16 bits per heavy atom. The van der Waals surface area contributed by atoms with Gasteiger partial charge in [-0.15, -0.1) is 0 Å². The van der Waals surface area contributed by atoms with Gasteiger partial charge in [0.05, 0.1) is 25.4 Å². The SMILES string of the molecule is C=CCOC(=O)OC/C=C(\C)C[C@H](C)[C@@H](O[Si](C)(C)C(C)(C)C)[C@H](C)[C@H]1OC(C)(C)OC[C@@H]1/C=C(/C)CO. The largest absolute Gasteiger partial charge is 0.508 e. The van der Waals surface area contributed by atoms with E-state index in [9.17, 15) is 9.90 Å². The van der Waals surface area contributed by atoms with Gasteiger partial charge in [-0.25, -0.2) is 4.79 Å². The predicted molar refractivity (Wildman–Crippen MR) is 156 cm³/mol. The summed E-state index contributed by atoms with van der Waals surface area (Å²) >= 11 is 0. The first-order valence-corrected chi connectivity index (χ1v) is 16.7. The van der Waals surface area contributed by atoms with Crippen LogP contribution in [0.25, 0.3) is 0 Å². The average molecular weight is 555 g/mol. The molecule has 220 valence electrons. The van der Waals surface area contributed by atoms with E-state index in [0.29, 0.717) is 6.61 Å². The lowest BCUT2D eigenvalue weighted by molar-refractivity contribution is -0.300. The van der Waals surface area contributed by atoms with Gasteiger partial charge in [0, 0.05) is 11.8 Å². The summed E-state index contributed by atoms with van der Waals surface area (Å²) in [4.78, 5) is 11.6. The summed E-state index contributed by atoms with van der Waals surface area (Å²) in [6.45, 7) is 28.0.